The van der Waals surface area contributed by atoms with Crippen LogP contribution in [0.4, 0.5) is 0 Å². The molecule has 0 atom stereocenters. The second-order valence-corrected chi connectivity index (χ2v) is 7.06. The van der Waals surface area contributed by atoms with Gasteiger partial charge in [-0.05, 0) is 54.8 Å². The van der Waals surface area contributed by atoms with Crippen LogP contribution in [0.5, 0.6) is 5.75 Å². The van der Waals surface area contributed by atoms with Crippen molar-refractivity contribution in [2.75, 3.05) is 7.11 Å². The summed E-state index contributed by atoms with van der Waals surface area (Å²) in [5, 5.41) is 3.00. The van der Waals surface area contributed by atoms with Gasteiger partial charge in [0.05, 0.1) is 23.2 Å². The van der Waals surface area contributed by atoms with E-state index in [1.165, 1.54) is 12.8 Å². The third-order valence-electron chi connectivity index (χ3n) is 4.37. The first kappa shape index (κ1) is 14.5. The first-order valence-corrected chi connectivity index (χ1v) is 8.68. The molecule has 23 heavy (non-hydrogen) atoms. The molecule has 4 rings (SSSR count). The lowest BCUT2D eigenvalue weighted by molar-refractivity contribution is 0.415. The smallest absolute Gasteiger partial charge is 0.348 e. The lowest BCUT2D eigenvalue weighted by Gasteiger charge is -2.15. The number of aromatic nitrogens is 2. The number of thiophene rings is 1. The quantitative estimate of drug-likeness (QED) is 0.731. The van der Waals surface area contributed by atoms with Gasteiger partial charge in [-0.1, -0.05) is 6.07 Å². The first-order chi connectivity index (χ1) is 11.2. The molecule has 0 N–H and O–H groups in total. The van der Waals surface area contributed by atoms with Crippen molar-refractivity contribution in [2.24, 2.45) is 5.92 Å². The van der Waals surface area contributed by atoms with Crippen LogP contribution in [0.1, 0.15) is 18.4 Å². The third kappa shape index (κ3) is 2.55. The van der Waals surface area contributed by atoms with E-state index < -0.39 is 0 Å². The van der Waals surface area contributed by atoms with Gasteiger partial charge in [-0.15, -0.1) is 11.3 Å². The molecule has 1 aromatic carbocycles. The Morgan fingerprint density at radius 1 is 1.39 bits per heavy atom. The minimum absolute atomic E-state index is 0.152. The van der Waals surface area contributed by atoms with Crippen LogP contribution in [-0.2, 0) is 6.54 Å². The number of rotatable bonds is 4. The molecule has 1 saturated carbocycles. The van der Waals surface area contributed by atoms with E-state index >= 15 is 0 Å². The fourth-order valence-corrected chi connectivity index (χ4v) is 3.77. The Hall–Kier alpha value is -2.14. The summed E-state index contributed by atoms with van der Waals surface area (Å²) in [5.74, 6) is 1.41. The van der Waals surface area contributed by atoms with Crippen LogP contribution in [0.25, 0.3) is 21.5 Å². The molecule has 1 aliphatic rings. The molecule has 0 amide bonds. The van der Waals surface area contributed by atoms with Crippen molar-refractivity contribution in [1.82, 2.24) is 9.55 Å². The molecule has 118 valence electrons. The molecule has 2 heterocycles. The van der Waals surface area contributed by atoms with Crippen LogP contribution in [-0.4, -0.2) is 16.7 Å². The summed E-state index contributed by atoms with van der Waals surface area (Å²) in [4.78, 5) is 18.1. The van der Waals surface area contributed by atoms with E-state index in [0.717, 1.165) is 39.3 Å². The molecule has 1 fully saturated rings. The van der Waals surface area contributed by atoms with Gasteiger partial charge in [0.2, 0.25) is 0 Å². The number of ether oxygens (including phenoxy) is 1. The topological polar surface area (TPSA) is 44.1 Å². The van der Waals surface area contributed by atoms with Crippen LogP contribution in [0.3, 0.4) is 0 Å². The van der Waals surface area contributed by atoms with Crippen LogP contribution < -0.4 is 10.4 Å². The second kappa shape index (κ2) is 5.49. The van der Waals surface area contributed by atoms with E-state index in [-0.39, 0.29) is 5.69 Å². The fraction of sp³-hybridized carbons (Fsp3) is 0.333. The lowest BCUT2D eigenvalue weighted by Crippen LogP contribution is -2.25. The first-order valence-electron chi connectivity index (χ1n) is 7.80. The molecule has 0 aliphatic heterocycles. The van der Waals surface area contributed by atoms with E-state index in [2.05, 4.69) is 4.98 Å². The van der Waals surface area contributed by atoms with Gasteiger partial charge < -0.3 is 4.74 Å². The highest BCUT2D eigenvalue weighted by atomic mass is 32.1. The van der Waals surface area contributed by atoms with E-state index in [0.29, 0.717) is 5.92 Å². The van der Waals surface area contributed by atoms with Gasteiger partial charge in [0.1, 0.15) is 5.75 Å². The van der Waals surface area contributed by atoms with Crippen LogP contribution in [0.15, 0.2) is 34.4 Å². The Kier molecular flexibility index (Phi) is 3.45. The zero-order valence-corrected chi connectivity index (χ0v) is 14.0. The van der Waals surface area contributed by atoms with Crippen molar-refractivity contribution < 1.29 is 4.74 Å². The van der Waals surface area contributed by atoms with Crippen molar-refractivity contribution in [1.29, 1.82) is 0 Å². The van der Waals surface area contributed by atoms with Gasteiger partial charge in [-0.2, -0.15) is 4.98 Å². The van der Waals surface area contributed by atoms with E-state index in [9.17, 15) is 4.79 Å². The Bertz CT molecular complexity index is 924. The van der Waals surface area contributed by atoms with Crippen molar-refractivity contribution in [2.45, 2.75) is 26.3 Å². The highest BCUT2D eigenvalue weighted by Crippen LogP contribution is 2.35. The summed E-state index contributed by atoms with van der Waals surface area (Å²) in [7, 11) is 1.67. The molecule has 0 radical (unpaired) electrons. The Labute approximate surface area is 138 Å². The fourth-order valence-electron chi connectivity index (χ4n) is 3.04. The van der Waals surface area contributed by atoms with Gasteiger partial charge >= 0.3 is 5.69 Å². The van der Waals surface area contributed by atoms with Crippen molar-refractivity contribution in [3.05, 3.63) is 45.7 Å². The van der Waals surface area contributed by atoms with Gasteiger partial charge in [-0.3, -0.25) is 4.57 Å². The van der Waals surface area contributed by atoms with E-state index in [1.54, 1.807) is 18.4 Å². The van der Waals surface area contributed by atoms with Crippen LogP contribution in [0, 0.1) is 12.8 Å². The van der Waals surface area contributed by atoms with Crippen LogP contribution in [0.2, 0.25) is 0 Å². The maximum Gasteiger partial charge on any atom is 0.348 e. The lowest BCUT2D eigenvalue weighted by atomic mass is 10.1. The molecule has 3 aromatic rings. The number of aryl methyl sites for hydroxylation is 1. The predicted octanol–water partition coefficient (Wildman–Crippen LogP) is 3.85. The highest BCUT2D eigenvalue weighted by molar-refractivity contribution is 7.13. The minimum Gasteiger partial charge on any atom is -0.497 e. The van der Waals surface area contributed by atoms with Gasteiger partial charge in [0.15, 0.2) is 0 Å². The summed E-state index contributed by atoms with van der Waals surface area (Å²) in [6, 6.07) is 7.97. The molecule has 0 unspecified atom stereocenters. The van der Waals surface area contributed by atoms with Gasteiger partial charge in [0.25, 0.3) is 0 Å². The number of hydrogen-bond acceptors (Lipinski definition) is 4. The number of nitrogens with zero attached hydrogens (tertiary/aromatic N) is 2. The highest BCUT2D eigenvalue weighted by Gasteiger charge is 2.25. The molecule has 4 nitrogen and oxygen atoms in total. The zero-order valence-electron chi connectivity index (χ0n) is 13.2. The monoisotopic (exact) mass is 326 g/mol. The summed E-state index contributed by atoms with van der Waals surface area (Å²) in [6.07, 6.45) is 2.41. The Balaban J connectivity index is 2.06. The van der Waals surface area contributed by atoms with Crippen molar-refractivity contribution in [3.63, 3.8) is 0 Å². The average Bonchev–Trinajstić information content (AvgIpc) is 3.19. The second-order valence-electron chi connectivity index (χ2n) is 6.11. The summed E-state index contributed by atoms with van der Waals surface area (Å²) >= 11 is 1.60. The zero-order chi connectivity index (χ0) is 16.0. The van der Waals surface area contributed by atoms with E-state index in [4.69, 9.17) is 4.74 Å². The standard InChI is InChI=1S/C18H18N2O2S/c1-11-8-13(22-2)9-14-16(15-4-3-7-23-15)19-18(21)20(17(11)14)10-12-5-6-12/h3-4,7-9,12H,5-6,10H2,1-2H3. The molecule has 1 aliphatic carbocycles. The van der Waals surface area contributed by atoms with Crippen molar-refractivity contribution >= 4 is 22.2 Å². The largest absolute Gasteiger partial charge is 0.497 e. The van der Waals surface area contributed by atoms with Crippen molar-refractivity contribution in [3.8, 4) is 16.3 Å². The number of fused-ring (bicyclic) bond motifs is 1. The maximum atomic E-state index is 12.6. The number of hydrogen-bond donors (Lipinski definition) is 0. The number of benzene rings is 1. The normalized spacial score (nSPS) is 14.3. The molecule has 0 spiro atoms. The summed E-state index contributed by atoms with van der Waals surface area (Å²) in [6.45, 7) is 2.80. The maximum absolute atomic E-state index is 12.6. The SMILES string of the molecule is COc1cc(C)c2c(c1)c(-c1cccs1)nc(=O)n2CC1CC1. The molecule has 0 bridgehead atoms. The number of methoxy groups -OCH3 is 1. The Morgan fingerprint density at radius 3 is 2.87 bits per heavy atom. The van der Waals surface area contributed by atoms with Crippen LogP contribution >= 0.6 is 11.3 Å². The molecule has 2 aromatic heterocycles. The molecular weight excluding hydrogens is 308 g/mol. The average molecular weight is 326 g/mol. The van der Waals surface area contributed by atoms with E-state index in [1.807, 2.05) is 41.1 Å². The summed E-state index contributed by atoms with van der Waals surface area (Å²) in [5.41, 5.74) is 2.65. The predicted molar refractivity (Wildman–Crippen MR) is 93.3 cm³/mol. The summed E-state index contributed by atoms with van der Waals surface area (Å²) < 4.78 is 7.27. The minimum atomic E-state index is -0.152. The molecule has 0 saturated heterocycles. The molecule has 5 heteroatoms. The van der Waals surface area contributed by atoms with Gasteiger partial charge in [-0.25, -0.2) is 4.79 Å². The molecular formula is C18H18N2O2S. The Morgan fingerprint density at radius 2 is 2.22 bits per heavy atom. The van der Waals surface area contributed by atoms with Gasteiger partial charge in [0, 0.05) is 11.9 Å². The third-order valence-corrected chi connectivity index (χ3v) is 5.24.